The number of carbonyl (C=O) groups is 1. The van der Waals surface area contributed by atoms with Crippen LogP contribution in [0.2, 0.25) is 0 Å². The maximum absolute atomic E-state index is 12.3. The number of ether oxygens (including phenoxy) is 1. The summed E-state index contributed by atoms with van der Waals surface area (Å²) in [5.41, 5.74) is -0.828. The number of carbonyl (C=O) groups excluding carboxylic acids is 1. The Morgan fingerprint density at radius 3 is 2.41 bits per heavy atom. The largest absolute Gasteiger partial charge is 0.442 e. The second kappa shape index (κ2) is 6.71. The Kier molecular flexibility index (Phi) is 5.44. The lowest BCUT2D eigenvalue weighted by molar-refractivity contribution is -0.0373. The van der Waals surface area contributed by atoms with Gasteiger partial charge < -0.3 is 4.74 Å². The molecule has 0 unspecified atom stereocenters. The molecule has 0 bridgehead atoms. The van der Waals surface area contributed by atoms with Crippen LogP contribution in [0.15, 0.2) is 12.3 Å². The van der Waals surface area contributed by atoms with E-state index in [2.05, 4.69) is 9.97 Å². The van der Waals surface area contributed by atoms with Crippen LogP contribution in [-0.2, 0) is 16.0 Å². The molecule has 0 aromatic carbocycles. The first kappa shape index (κ1) is 17.9. The summed E-state index contributed by atoms with van der Waals surface area (Å²) in [5.74, 6) is 0.0388. The van der Waals surface area contributed by atoms with Gasteiger partial charge in [0.2, 0.25) is 0 Å². The average Bonchev–Trinajstić information content (AvgIpc) is 2.33. The number of hydrogen-bond donors (Lipinski definition) is 0. The number of amides is 1. The summed E-state index contributed by atoms with van der Waals surface area (Å²) in [7, 11) is 0. The van der Waals surface area contributed by atoms with Gasteiger partial charge in [-0.15, -0.1) is 5.06 Å². The number of nitriles is 1. The topological polar surface area (TPSA) is 88.3 Å². The fourth-order valence-corrected chi connectivity index (χ4v) is 1.40. The summed E-state index contributed by atoms with van der Waals surface area (Å²) >= 11 is 0. The summed E-state index contributed by atoms with van der Waals surface area (Å²) in [6.45, 7) is 10.7. The normalized spacial score (nSPS) is 11.7. The molecule has 0 aliphatic heterocycles. The lowest BCUT2D eigenvalue weighted by atomic mass is 10.2. The van der Waals surface area contributed by atoms with Gasteiger partial charge >= 0.3 is 6.09 Å². The molecule has 0 fully saturated rings. The smallest absolute Gasteiger partial charge is 0.442 e. The van der Waals surface area contributed by atoms with Crippen LogP contribution in [0.4, 0.5) is 10.7 Å². The van der Waals surface area contributed by atoms with Gasteiger partial charge in [0.05, 0.1) is 23.8 Å². The summed E-state index contributed by atoms with van der Waals surface area (Å²) in [5, 5.41) is 9.67. The van der Waals surface area contributed by atoms with E-state index in [4.69, 9.17) is 14.8 Å². The molecule has 0 N–H and O–H groups in total. The maximum atomic E-state index is 12.3. The molecular formula is C15H22N4O3. The van der Waals surface area contributed by atoms with Gasteiger partial charge in [-0.3, -0.25) is 4.84 Å². The Morgan fingerprint density at radius 1 is 1.27 bits per heavy atom. The van der Waals surface area contributed by atoms with E-state index in [9.17, 15) is 4.79 Å². The number of anilines is 1. The van der Waals surface area contributed by atoms with Crippen molar-refractivity contribution in [3.8, 4) is 6.07 Å². The fourth-order valence-electron chi connectivity index (χ4n) is 1.40. The van der Waals surface area contributed by atoms with Gasteiger partial charge in [-0.25, -0.2) is 14.8 Å². The molecule has 1 amide bonds. The van der Waals surface area contributed by atoms with Crippen molar-refractivity contribution in [2.75, 3.05) is 5.06 Å². The van der Waals surface area contributed by atoms with E-state index in [1.54, 1.807) is 47.6 Å². The Bertz CT molecular complexity index is 567. The van der Waals surface area contributed by atoms with Crippen LogP contribution in [0.3, 0.4) is 0 Å². The van der Waals surface area contributed by atoms with E-state index in [1.165, 1.54) is 6.20 Å². The van der Waals surface area contributed by atoms with Crippen molar-refractivity contribution in [1.29, 1.82) is 5.26 Å². The molecule has 1 heterocycles. The third-order valence-electron chi connectivity index (χ3n) is 2.07. The van der Waals surface area contributed by atoms with Crippen molar-refractivity contribution in [3.05, 3.63) is 18.0 Å². The van der Waals surface area contributed by atoms with Gasteiger partial charge in [-0.1, -0.05) is 0 Å². The van der Waals surface area contributed by atoms with Crippen molar-refractivity contribution in [1.82, 2.24) is 9.97 Å². The van der Waals surface area contributed by atoms with Crippen LogP contribution in [0.5, 0.6) is 0 Å². The van der Waals surface area contributed by atoms with Crippen LogP contribution >= 0.6 is 0 Å². The number of hydrogen-bond acceptors (Lipinski definition) is 6. The van der Waals surface area contributed by atoms with Crippen LogP contribution < -0.4 is 5.06 Å². The number of aromatic nitrogens is 2. The first-order chi connectivity index (χ1) is 10.0. The minimum Gasteiger partial charge on any atom is -0.442 e. The van der Waals surface area contributed by atoms with Gasteiger partial charge in [0.15, 0.2) is 0 Å². The molecule has 0 aliphatic rings. The van der Waals surface area contributed by atoms with Crippen LogP contribution in [0.1, 0.15) is 47.2 Å². The molecule has 0 saturated heterocycles. The molecular weight excluding hydrogens is 284 g/mol. The molecule has 0 aliphatic carbocycles. The van der Waals surface area contributed by atoms with E-state index in [-0.39, 0.29) is 12.4 Å². The molecule has 0 spiro atoms. The van der Waals surface area contributed by atoms with Crippen LogP contribution in [-0.4, -0.2) is 27.3 Å². The number of rotatable bonds is 3. The summed E-state index contributed by atoms with van der Waals surface area (Å²) in [4.78, 5) is 26.2. The molecule has 7 nitrogen and oxygen atoms in total. The number of hydroxylamine groups is 1. The molecule has 0 atom stereocenters. The van der Waals surface area contributed by atoms with E-state index in [0.29, 0.717) is 5.69 Å². The maximum Gasteiger partial charge on any atom is 0.442 e. The molecule has 1 aromatic rings. The van der Waals surface area contributed by atoms with Crippen LogP contribution in [0.25, 0.3) is 0 Å². The summed E-state index contributed by atoms with van der Waals surface area (Å²) < 4.78 is 5.32. The van der Waals surface area contributed by atoms with Crippen molar-refractivity contribution in [3.63, 3.8) is 0 Å². The van der Waals surface area contributed by atoms with E-state index >= 15 is 0 Å². The SMILES string of the molecule is CC(C)(C)OC(=O)N(OC(C)(C)C)c1nccc(CC#N)n1. The molecule has 0 saturated carbocycles. The highest BCUT2D eigenvalue weighted by Gasteiger charge is 2.30. The highest BCUT2D eigenvalue weighted by Crippen LogP contribution is 2.20. The Morgan fingerprint density at radius 2 is 1.91 bits per heavy atom. The zero-order valence-electron chi connectivity index (χ0n) is 13.9. The second-order valence-electron chi connectivity index (χ2n) is 6.66. The fraction of sp³-hybridized carbons (Fsp3) is 0.600. The van der Waals surface area contributed by atoms with Gasteiger partial charge in [-0.2, -0.15) is 5.26 Å². The first-order valence-electron chi connectivity index (χ1n) is 6.93. The van der Waals surface area contributed by atoms with Crippen molar-refractivity contribution < 1.29 is 14.4 Å². The van der Waals surface area contributed by atoms with Gasteiger partial charge in [-0.05, 0) is 47.6 Å². The first-order valence-corrected chi connectivity index (χ1v) is 6.93. The molecule has 1 rings (SSSR count). The Labute approximate surface area is 130 Å². The second-order valence-corrected chi connectivity index (χ2v) is 6.66. The molecule has 120 valence electrons. The van der Waals surface area contributed by atoms with Gasteiger partial charge in [0.25, 0.3) is 5.95 Å². The summed E-state index contributed by atoms with van der Waals surface area (Å²) in [6, 6.07) is 3.61. The summed E-state index contributed by atoms with van der Waals surface area (Å²) in [6.07, 6.45) is 0.877. The van der Waals surface area contributed by atoms with E-state index in [0.717, 1.165) is 5.06 Å². The van der Waals surface area contributed by atoms with Gasteiger partial charge in [0, 0.05) is 6.20 Å². The van der Waals surface area contributed by atoms with Crippen molar-refractivity contribution in [2.24, 2.45) is 0 Å². The zero-order valence-corrected chi connectivity index (χ0v) is 13.9. The van der Waals surface area contributed by atoms with E-state index < -0.39 is 17.3 Å². The highest BCUT2D eigenvalue weighted by atomic mass is 16.7. The minimum absolute atomic E-state index is 0.0388. The predicted molar refractivity (Wildman–Crippen MR) is 80.9 cm³/mol. The third kappa shape index (κ3) is 6.06. The molecule has 22 heavy (non-hydrogen) atoms. The molecule has 1 aromatic heterocycles. The van der Waals surface area contributed by atoms with Crippen LogP contribution in [0, 0.1) is 11.3 Å². The molecule has 0 radical (unpaired) electrons. The average molecular weight is 306 g/mol. The van der Waals surface area contributed by atoms with E-state index in [1.807, 2.05) is 6.07 Å². The van der Waals surface area contributed by atoms with Crippen molar-refractivity contribution in [2.45, 2.75) is 59.2 Å². The zero-order chi connectivity index (χ0) is 17.0. The lowest BCUT2D eigenvalue weighted by Crippen LogP contribution is -2.42. The quantitative estimate of drug-likeness (QED) is 0.797. The highest BCUT2D eigenvalue weighted by molar-refractivity contribution is 5.83. The lowest BCUT2D eigenvalue weighted by Gasteiger charge is -2.30. The van der Waals surface area contributed by atoms with Gasteiger partial charge in [0.1, 0.15) is 5.60 Å². The van der Waals surface area contributed by atoms with Crippen molar-refractivity contribution >= 4 is 12.0 Å². The Hall–Kier alpha value is -2.20. The third-order valence-corrected chi connectivity index (χ3v) is 2.07. The standard InChI is InChI=1S/C15H22N4O3/c1-14(2,3)21-13(20)19(22-15(4,5)6)12-17-10-8-11(18-12)7-9-16/h8,10H,7H2,1-6H3. The predicted octanol–water partition coefficient (Wildman–Crippen LogP) is 3.01. The number of nitrogens with zero attached hydrogens (tertiary/aromatic N) is 4. The minimum atomic E-state index is -0.712. The Balaban J connectivity index is 3.12. The monoisotopic (exact) mass is 306 g/mol. The molecule has 7 heteroatoms.